The lowest BCUT2D eigenvalue weighted by atomic mass is 9.98. The Bertz CT molecular complexity index is 1240. The van der Waals surface area contributed by atoms with Crippen LogP contribution in [0.25, 0.3) is 11.1 Å². The maximum absolute atomic E-state index is 12.7. The first kappa shape index (κ1) is 21.7. The molecule has 1 saturated carbocycles. The number of aryl methyl sites for hydroxylation is 1. The molecule has 2 amide bonds. The van der Waals surface area contributed by atoms with E-state index in [4.69, 9.17) is 9.84 Å². The number of hydrogen-bond acceptors (Lipinski definition) is 5. The first-order valence-corrected chi connectivity index (χ1v) is 11.1. The third-order valence-corrected chi connectivity index (χ3v) is 6.50. The Morgan fingerprint density at radius 2 is 1.74 bits per heavy atom. The van der Waals surface area contributed by atoms with Gasteiger partial charge < -0.3 is 15.2 Å². The van der Waals surface area contributed by atoms with Gasteiger partial charge in [0.2, 0.25) is 0 Å². The summed E-state index contributed by atoms with van der Waals surface area (Å²) in [6, 6.07) is 16.1. The van der Waals surface area contributed by atoms with Gasteiger partial charge in [0.1, 0.15) is 12.3 Å². The highest BCUT2D eigenvalue weighted by Gasteiger charge is 2.43. The fourth-order valence-electron chi connectivity index (χ4n) is 4.63. The number of aliphatic carboxylic acids is 1. The summed E-state index contributed by atoms with van der Waals surface area (Å²) in [6.07, 6.45) is 1.25. The number of ether oxygens (including phenoxy) is 1. The molecule has 2 atom stereocenters. The molecule has 0 saturated heterocycles. The number of rotatable bonds is 7. The Hall–Kier alpha value is -4.14. The number of benzene rings is 2. The van der Waals surface area contributed by atoms with E-state index < -0.39 is 23.9 Å². The van der Waals surface area contributed by atoms with Crippen molar-refractivity contribution in [3.8, 4) is 11.1 Å². The third kappa shape index (κ3) is 4.00. The summed E-state index contributed by atoms with van der Waals surface area (Å²) in [5, 5.41) is 18.4. The van der Waals surface area contributed by atoms with E-state index in [2.05, 4.69) is 27.9 Å². The number of fused-ring (bicyclic) bond motifs is 3. The normalized spacial score (nSPS) is 18.0. The highest BCUT2D eigenvalue weighted by atomic mass is 16.5. The van der Waals surface area contributed by atoms with Crippen molar-refractivity contribution in [2.75, 3.05) is 18.5 Å². The number of nitrogens with one attached hydrogen (secondary N) is 2. The van der Waals surface area contributed by atoms with Crippen LogP contribution in [0.3, 0.4) is 0 Å². The largest absolute Gasteiger partial charge is 0.481 e. The Labute approximate surface area is 195 Å². The topological polar surface area (TPSA) is 123 Å². The molecule has 5 rings (SSSR count). The van der Waals surface area contributed by atoms with E-state index in [0.717, 1.165) is 22.3 Å². The van der Waals surface area contributed by atoms with Gasteiger partial charge in [-0.15, -0.1) is 0 Å². The molecule has 1 aromatic heterocycles. The minimum Gasteiger partial charge on any atom is -0.481 e. The van der Waals surface area contributed by atoms with Gasteiger partial charge in [-0.25, -0.2) is 4.79 Å². The Morgan fingerprint density at radius 3 is 2.35 bits per heavy atom. The summed E-state index contributed by atoms with van der Waals surface area (Å²) in [5.74, 6) is -1.85. The van der Waals surface area contributed by atoms with E-state index in [-0.39, 0.29) is 36.4 Å². The van der Waals surface area contributed by atoms with Gasteiger partial charge in [0.05, 0.1) is 17.8 Å². The molecular weight excluding hydrogens is 436 g/mol. The molecule has 0 spiro atoms. The van der Waals surface area contributed by atoms with Crippen molar-refractivity contribution in [3.63, 3.8) is 0 Å². The maximum atomic E-state index is 12.7. The van der Waals surface area contributed by atoms with Crippen molar-refractivity contribution in [2.45, 2.75) is 12.3 Å². The summed E-state index contributed by atoms with van der Waals surface area (Å²) < 4.78 is 6.91. The Kier molecular flexibility index (Phi) is 5.53. The van der Waals surface area contributed by atoms with Crippen molar-refractivity contribution in [2.24, 2.45) is 18.9 Å². The number of anilines is 1. The average Bonchev–Trinajstić information content (AvgIpc) is 3.44. The van der Waals surface area contributed by atoms with E-state index in [1.54, 1.807) is 7.05 Å². The number of carbonyl (C=O) groups is 3. The second-order valence-corrected chi connectivity index (χ2v) is 8.63. The lowest BCUT2D eigenvalue weighted by Gasteiger charge is -2.14. The molecule has 3 N–H and O–H groups in total. The van der Waals surface area contributed by atoms with Gasteiger partial charge in [0.15, 0.2) is 0 Å². The van der Waals surface area contributed by atoms with Crippen LogP contribution in [0.15, 0.2) is 54.7 Å². The van der Waals surface area contributed by atoms with Crippen LogP contribution in [0.1, 0.15) is 34.0 Å². The SMILES string of the molecule is Cn1ncc(NC(=O)OCC2c3ccccc3-c3ccccc32)c1C(=O)NC[C@H]1C[C@H]1C(=O)O. The molecule has 1 heterocycles. The van der Waals surface area contributed by atoms with Gasteiger partial charge in [-0.05, 0) is 34.6 Å². The smallest absolute Gasteiger partial charge is 0.411 e. The van der Waals surface area contributed by atoms with E-state index in [0.29, 0.717) is 6.42 Å². The van der Waals surface area contributed by atoms with Gasteiger partial charge in [-0.1, -0.05) is 48.5 Å². The van der Waals surface area contributed by atoms with Crippen LogP contribution in [-0.2, 0) is 16.6 Å². The number of carboxylic acids is 1. The lowest BCUT2D eigenvalue weighted by Crippen LogP contribution is -2.29. The van der Waals surface area contributed by atoms with Gasteiger partial charge in [0, 0.05) is 19.5 Å². The highest BCUT2D eigenvalue weighted by molar-refractivity contribution is 6.01. The maximum Gasteiger partial charge on any atom is 0.411 e. The molecule has 3 aromatic rings. The van der Waals surface area contributed by atoms with Crippen LogP contribution < -0.4 is 10.6 Å². The standard InChI is InChI=1S/C25H24N4O5/c1-29-22(23(30)26-11-14-10-19(14)24(31)32)21(12-27-29)28-25(33)34-13-20-17-8-4-2-6-15(17)16-7-3-5-9-18(16)20/h2-9,12,14,19-20H,10-11,13H2,1H3,(H,26,30)(H,28,33)(H,31,32)/t14-,19-/m1/s1. The zero-order valence-electron chi connectivity index (χ0n) is 18.5. The van der Waals surface area contributed by atoms with E-state index in [1.165, 1.54) is 10.9 Å². The number of carboxylic acid groups (broad SMARTS) is 1. The predicted molar refractivity (Wildman–Crippen MR) is 123 cm³/mol. The monoisotopic (exact) mass is 460 g/mol. The van der Waals surface area contributed by atoms with Crippen LogP contribution in [0.4, 0.5) is 10.5 Å². The molecule has 2 aromatic carbocycles. The minimum atomic E-state index is -0.850. The zero-order chi connectivity index (χ0) is 23.8. The van der Waals surface area contributed by atoms with Gasteiger partial charge in [-0.3, -0.25) is 19.6 Å². The molecule has 0 unspecified atom stereocenters. The quantitative estimate of drug-likeness (QED) is 0.498. The second kappa shape index (κ2) is 8.66. The molecule has 0 radical (unpaired) electrons. The molecule has 0 bridgehead atoms. The van der Waals surface area contributed by atoms with Crippen LogP contribution in [0.2, 0.25) is 0 Å². The van der Waals surface area contributed by atoms with Gasteiger partial charge in [-0.2, -0.15) is 5.10 Å². The molecule has 1 fully saturated rings. The third-order valence-electron chi connectivity index (χ3n) is 6.50. The zero-order valence-corrected chi connectivity index (χ0v) is 18.5. The molecular formula is C25H24N4O5. The van der Waals surface area contributed by atoms with Gasteiger partial charge >= 0.3 is 12.1 Å². The van der Waals surface area contributed by atoms with Crippen molar-refractivity contribution in [1.82, 2.24) is 15.1 Å². The highest BCUT2D eigenvalue weighted by Crippen LogP contribution is 2.44. The molecule has 9 heteroatoms. The number of aromatic nitrogens is 2. The number of amides is 2. The second-order valence-electron chi connectivity index (χ2n) is 8.63. The first-order valence-electron chi connectivity index (χ1n) is 11.1. The summed E-state index contributed by atoms with van der Waals surface area (Å²) >= 11 is 0. The van der Waals surface area contributed by atoms with Gasteiger partial charge in [0.25, 0.3) is 5.91 Å². The van der Waals surface area contributed by atoms with E-state index in [9.17, 15) is 14.4 Å². The minimum absolute atomic E-state index is 0.0736. The summed E-state index contributed by atoms with van der Waals surface area (Å²) in [6.45, 7) is 0.408. The summed E-state index contributed by atoms with van der Waals surface area (Å²) in [7, 11) is 1.59. The molecule has 34 heavy (non-hydrogen) atoms. The Morgan fingerprint density at radius 1 is 1.09 bits per heavy atom. The number of carbonyl (C=O) groups excluding carboxylic acids is 2. The van der Waals surface area contributed by atoms with Crippen molar-refractivity contribution in [1.29, 1.82) is 0 Å². The average molecular weight is 460 g/mol. The molecule has 0 aliphatic heterocycles. The molecule has 2 aliphatic carbocycles. The first-order chi connectivity index (χ1) is 16.4. The number of nitrogens with zero attached hydrogens (tertiary/aromatic N) is 2. The van der Waals surface area contributed by atoms with Crippen molar-refractivity contribution in [3.05, 3.63) is 71.5 Å². The Balaban J connectivity index is 1.22. The fourth-order valence-corrected chi connectivity index (χ4v) is 4.63. The predicted octanol–water partition coefficient (Wildman–Crippen LogP) is 3.23. The van der Waals surface area contributed by atoms with Crippen molar-refractivity contribution < 1.29 is 24.2 Å². The van der Waals surface area contributed by atoms with E-state index >= 15 is 0 Å². The molecule has 2 aliphatic rings. The summed E-state index contributed by atoms with van der Waals surface area (Å²) in [5.41, 5.74) is 4.89. The van der Waals surface area contributed by atoms with E-state index in [1.807, 2.05) is 36.4 Å². The number of hydrogen-bond donors (Lipinski definition) is 3. The van der Waals surface area contributed by atoms with Crippen LogP contribution in [0, 0.1) is 11.8 Å². The molecule has 9 nitrogen and oxygen atoms in total. The van der Waals surface area contributed by atoms with Crippen LogP contribution in [0.5, 0.6) is 0 Å². The van der Waals surface area contributed by atoms with Crippen LogP contribution >= 0.6 is 0 Å². The molecule has 174 valence electrons. The van der Waals surface area contributed by atoms with Crippen LogP contribution in [-0.4, -0.2) is 46.0 Å². The van der Waals surface area contributed by atoms with Crippen molar-refractivity contribution >= 4 is 23.7 Å². The fraction of sp³-hybridized carbons (Fsp3) is 0.280. The summed E-state index contributed by atoms with van der Waals surface area (Å²) in [4.78, 5) is 36.3. The lowest BCUT2D eigenvalue weighted by molar-refractivity contribution is -0.138.